The molecular formula is C14H21FN2O. The number of halogens is 1. The van der Waals surface area contributed by atoms with E-state index in [2.05, 4.69) is 11.8 Å². The summed E-state index contributed by atoms with van der Waals surface area (Å²) in [5.41, 5.74) is 7.00. The number of benzene rings is 1. The van der Waals surface area contributed by atoms with E-state index < -0.39 is 0 Å². The summed E-state index contributed by atoms with van der Waals surface area (Å²) < 4.78 is 19.1. The van der Waals surface area contributed by atoms with Crippen molar-refractivity contribution < 1.29 is 9.13 Å². The molecule has 0 radical (unpaired) electrons. The number of nitrogen functional groups attached to an aromatic ring is 1. The zero-order valence-electron chi connectivity index (χ0n) is 11.0. The number of nitrogens with two attached hydrogens (primary N) is 1. The molecule has 1 aliphatic heterocycles. The maximum absolute atomic E-state index is 13.7. The summed E-state index contributed by atoms with van der Waals surface area (Å²) in [7, 11) is 1.75. The number of hydrogen-bond donors (Lipinski definition) is 1. The van der Waals surface area contributed by atoms with Gasteiger partial charge in [0.15, 0.2) is 0 Å². The topological polar surface area (TPSA) is 38.5 Å². The van der Waals surface area contributed by atoms with Gasteiger partial charge in [0.25, 0.3) is 0 Å². The second kappa shape index (κ2) is 5.67. The van der Waals surface area contributed by atoms with Crippen LogP contribution in [-0.2, 0) is 11.3 Å². The highest BCUT2D eigenvalue weighted by Crippen LogP contribution is 2.24. The van der Waals surface area contributed by atoms with E-state index in [4.69, 9.17) is 10.5 Å². The van der Waals surface area contributed by atoms with Crippen LogP contribution in [0.3, 0.4) is 0 Å². The minimum absolute atomic E-state index is 0.212. The smallest absolute Gasteiger partial charge is 0.129 e. The number of piperidine rings is 1. The van der Waals surface area contributed by atoms with Gasteiger partial charge in [-0.1, -0.05) is 6.07 Å². The van der Waals surface area contributed by atoms with E-state index in [-0.39, 0.29) is 5.82 Å². The van der Waals surface area contributed by atoms with E-state index in [0.29, 0.717) is 29.9 Å². The van der Waals surface area contributed by atoms with E-state index in [1.165, 1.54) is 6.07 Å². The molecule has 0 aliphatic carbocycles. The fourth-order valence-electron chi connectivity index (χ4n) is 2.57. The third kappa shape index (κ3) is 2.82. The van der Waals surface area contributed by atoms with Crippen LogP contribution in [0.1, 0.15) is 25.3 Å². The number of rotatable bonds is 3. The van der Waals surface area contributed by atoms with Crippen molar-refractivity contribution in [3.05, 3.63) is 29.6 Å². The number of hydrogen-bond acceptors (Lipinski definition) is 3. The molecule has 1 heterocycles. The van der Waals surface area contributed by atoms with Crippen LogP contribution >= 0.6 is 0 Å². The highest BCUT2D eigenvalue weighted by molar-refractivity contribution is 5.47. The van der Waals surface area contributed by atoms with Crippen molar-refractivity contribution in [2.75, 3.05) is 19.4 Å². The lowest BCUT2D eigenvalue weighted by molar-refractivity contribution is 0.0127. The van der Waals surface area contributed by atoms with Crippen LogP contribution in [0.5, 0.6) is 0 Å². The van der Waals surface area contributed by atoms with Gasteiger partial charge in [0, 0.05) is 37.5 Å². The number of methoxy groups -OCH3 is 1. The zero-order valence-corrected chi connectivity index (χ0v) is 11.0. The normalized spacial score (nSPS) is 25.3. The maximum atomic E-state index is 13.7. The zero-order chi connectivity index (χ0) is 13.1. The van der Waals surface area contributed by atoms with Gasteiger partial charge < -0.3 is 10.5 Å². The fourth-order valence-corrected chi connectivity index (χ4v) is 2.57. The van der Waals surface area contributed by atoms with E-state index in [1.807, 2.05) is 0 Å². The second-order valence-electron chi connectivity index (χ2n) is 5.01. The summed E-state index contributed by atoms with van der Waals surface area (Å²) in [6.45, 7) is 3.66. The molecule has 1 aromatic rings. The van der Waals surface area contributed by atoms with E-state index in [1.54, 1.807) is 19.2 Å². The summed E-state index contributed by atoms with van der Waals surface area (Å²) in [6.07, 6.45) is 2.31. The predicted molar refractivity (Wildman–Crippen MR) is 70.7 cm³/mol. The lowest BCUT2D eigenvalue weighted by Gasteiger charge is -2.37. The van der Waals surface area contributed by atoms with Gasteiger partial charge in [0.2, 0.25) is 0 Å². The minimum Gasteiger partial charge on any atom is -0.398 e. The molecule has 100 valence electrons. The van der Waals surface area contributed by atoms with Crippen molar-refractivity contribution in [2.24, 2.45) is 0 Å². The van der Waals surface area contributed by atoms with Crippen LogP contribution in [0.25, 0.3) is 0 Å². The van der Waals surface area contributed by atoms with Gasteiger partial charge in [-0.05, 0) is 31.9 Å². The van der Waals surface area contributed by atoms with Crippen molar-refractivity contribution in [3.8, 4) is 0 Å². The molecule has 4 heteroatoms. The maximum Gasteiger partial charge on any atom is 0.129 e. The third-order valence-corrected chi connectivity index (χ3v) is 3.82. The Morgan fingerprint density at radius 3 is 2.89 bits per heavy atom. The van der Waals surface area contributed by atoms with Crippen molar-refractivity contribution in [3.63, 3.8) is 0 Å². The quantitative estimate of drug-likeness (QED) is 0.840. The highest BCUT2D eigenvalue weighted by Gasteiger charge is 2.26. The molecule has 2 N–H and O–H groups in total. The Bertz CT molecular complexity index is 391. The first kappa shape index (κ1) is 13.3. The Morgan fingerprint density at radius 1 is 1.50 bits per heavy atom. The van der Waals surface area contributed by atoms with Gasteiger partial charge in [-0.2, -0.15) is 0 Å². The molecule has 2 atom stereocenters. The summed E-state index contributed by atoms with van der Waals surface area (Å²) in [5, 5.41) is 0. The molecule has 2 rings (SSSR count). The van der Waals surface area contributed by atoms with Crippen LogP contribution < -0.4 is 5.73 Å². The SMILES string of the molecule is COC1CCN(Cc2c(N)cccc2F)C(C)C1. The van der Waals surface area contributed by atoms with Crippen LogP contribution in [-0.4, -0.2) is 30.7 Å². The largest absolute Gasteiger partial charge is 0.398 e. The first-order chi connectivity index (χ1) is 8.61. The molecule has 1 aromatic carbocycles. The molecule has 1 fully saturated rings. The Kier molecular flexibility index (Phi) is 4.19. The number of likely N-dealkylation sites (tertiary alicyclic amines) is 1. The van der Waals surface area contributed by atoms with Crippen molar-refractivity contribution >= 4 is 5.69 Å². The van der Waals surface area contributed by atoms with E-state index in [9.17, 15) is 4.39 Å². The standard InChI is InChI=1S/C14H21FN2O/c1-10-8-11(18-2)6-7-17(10)9-12-13(15)4-3-5-14(12)16/h3-5,10-11H,6-9,16H2,1-2H3. The van der Waals surface area contributed by atoms with Crippen LogP contribution in [0, 0.1) is 5.82 Å². The first-order valence-corrected chi connectivity index (χ1v) is 6.41. The molecule has 18 heavy (non-hydrogen) atoms. The molecule has 1 aliphatic rings. The van der Waals surface area contributed by atoms with E-state index >= 15 is 0 Å². The van der Waals surface area contributed by atoms with E-state index in [0.717, 1.165) is 19.4 Å². The van der Waals surface area contributed by atoms with Crippen molar-refractivity contribution in [2.45, 2.75) is 38.5 Å². The average Bonchev–Trinajstić information content (AvgIpc) is 2.35. The highest BCUT2D eigenvalue weighted by atomic mass is 19.1. The Morgan fingerprint density at radius 2 is 2.28 bits per heavy atom. The molecular weight excluding hydrogens is 231 g/mol. The average molecular weight is 252 g/mol. The molecule has 3 nitrogen and oxygen atoms in total. The summed E-state index contributed by atoms with van der Waals surface area (Å²) in [5.74, 6) is -0.212. The molecule has 0 saturated carbocycles. The second-order valence-corrected chi connectivity index (χ2v) is 5.01. The number of nitrogens with zero attached hydrogens (tertiary/aromatic N) is 1. The first-order valence-electron chi connectivity index (χ1n) is 6.41. The van der Waals surface area contributed by atoms with Gasteiger partial charge in [-0.25, -0.2) is 4.39 Å². The van der Waals surface area contributed by atoms with Crippen LogP contribution in [0.4, 0.5) is 10.1 Å². The lowest BCUT2D eigenvalue weighted by atomic mass is 9.99. The number of anilines is 1. The van der Waals surface area contributed by atoms with Gasteiger partial charge >= 0.3 is 0 Å². The summed E-state index contributed by atoms with van der Waals surface area (Å²) in [4.78, 5) is 2.27. The third-order valence-electron chi connectivity index (χ3n) is 3.82. The summed E-state index contributed by atoms with van der Waals surface area (Å²) >= 11 is 0. The Hall–Kier alpha value is -1.13. The Balaban J connectivity index is 2.06. The molecule has 0 spiro atoms. The van der Waals surface area contributed by atoms with Crippen molar-refractivity contribution in [1.29, 1.82) is 0 Å². The van der Waals surface area contributed by atoms with Gasteiger partial charge in [-0.3, -0.25) is 4.90 Å². The molecule has 0 aromatic heterocycles. The van der Waals surface area contributed by atoms with Gasteiger partial charge in [0.05, 0.1) is 6.10 Å². The van der Waals surface area contributed by atoms with Crippen LogP contribution in [0.15, 0.2) is 18.2 Å². The number of ether oxygens (including phenoxy) is 1. The minimum atomic E-state index is -0.212. The fraction of sp³-hybridized carbons (Fsp3) is 0.571. The monoisotopic (exact) mass is 252 g/mol. The van der Waals surface area contributed by atoms with Gasteiger partial charge in [-0.15, -0.1) is 0 Å². The van der Waals surface area contributed by atoms with Gasteiger partial charge in [0.1, 0.15) is 5.82 Å². The summed E-state index contributed by atoms with van der Waals surface area (Å²) in [6, 6.07) is 5.26. The molecule has 0 bridgehead atoms. The molecule has 2 unspecified atom stereocenters. The molecule has 1 saturated heterocycles. The predicted octanol–water partition coefficient (Wildman–Crippen LogP) is 2.41. The van der Waals surface area contributed by atoms with Crippen molar-refractivity contribution in [1.82, 2.24) is 4.90 Å². The lowest BCUT2D eigenvalue weighted by Crippen LogP contribution is -2.42. The van der Waals surface area contributed by atoms with Crippen LogP contribution in [0.2, 0.25) is 0 Å². The molecule has 0 amide bonds. The Labute approximate surface area is 108 Å².